The second kappa shape index (κ2) is 10.8. The van der Waals surface area contributed by atoms with Gasteiger partial charge in [-0.15, -0.1) is 10.2 Å². The number of fused-ring (bicyclic) bond motifs is 1. The molecule has 1 saturated heterocycles. The molecule has 2 aliphatic rings. The van der Waals surface area contributed by atoms with Gasteiger partial charge in [0, 0.05) is 58.1 Å². The summed E-state index contributed by atoms with van der Waals surface area (Å²) >= 11 is 0.714. The lowest BCUT2D eigenvalue weighted by atomic mass is 10.2. The molecule has 0 atom stereocenters. The predicted molar refractivity (Wildman–Crippen MR) is 147 cm³/mol. The zero-order valence-corrected chi connectivity index (χ0v) is 24.5. The quantitative estimate of drug-likeness (QED) is 0.400. The molecule has 4 heterocycles. The fraction of sp³-hybridized carbons (Fsp3) is 0.583. The number of hydrogen-bond donors (Lipinski definition) is 1. The minimum atomic E-state index is -3.90. The Kier molecular flexibility index (Phi) is 7.71. The highest BCUT2D eigenvalue weighted by atomic mass is 32.2. The fourth-order valence-electron chi connectivity index (χ4n) is 4.52. The molecule has 0 aromatic carbocycles. The van der Waals surface area contributed by atoms with Crippen LogP contribution in [0.4, 0.5) is 19.3 Å². The number of carbonyl (C=O) groups is 1. The largest absolute Gasteiger partial charge is 0.366 e. The number of halogens is 2. The first-order valence-electron chi connectivity index (χ1n) is 12.9. The first kappa shape index (κ1) is 28.6. The average molecular weight is 598 g/mol. The molecular weight excluding hydrogens is 564 g/mol. The Bertz CT molecular complexity index is 1500. The number of nitrogens with zero attached hydrogens (tertiary/aromatic N) is 8. The normalized spacial score (nSPS) is 17.3. The van der Waals surface area contributed by atoms with Crippen molar-refractivity contribution in [2.45, 2.75) is 36.6 Å². The van der Waals surface area contributed by atoms with E-state index in [4.69, 9.17) is 0 Å². The second-order valence-electron chi connectivity index (χ2n) is 10.8. The number of amides is 2. The SMILES string of the molecule is CN(C)CCN(C)C(=O)N1CCN(c2cc(S(=O)(=O)NC3(C)CC3)cn3c(-c4nnc(C(F)F)s4)ncc23)CC1. The molecule has 16 heteroatoms. The van der Waals surface area contributed by atoms with Crippen LogP contribution in [0.2, 0.25) is 0 Å². The Balaban J connectivity index is 1.46. The van der Waals surface area contributed by atoms with Gasteiger partial charge in [0.25, 0.3) is 6.43 Å². The van der Waals surface area contributed by atoms with E-state index in [1.54, 1.807) is 33.5 Å². The van der Waals surface area contributed by atoms with Gasteiger partial charge in [-0.2, -0.15) is 0 Å². The van der Waals surface area contributed by atoms with E-state index in [0.717, 1.165) is 19.4 Å². The molecule has 2 fully saturated rings. The minimum absolute atomic E-state index is 0.0305. The van der Waals surface area contributed by atoms with Gasteiger partial charge in [0.1, 0.15) is 4.90 Å². The number of carbonyl (C=O) groups excluding carboxylic acids is 1. The maximum atomic E-state index is 13.4. The maximum Gasteiger partial charge on any atom is 0.319 e. The summed E-state index contributed by atoms with van der Waals surface area (Å²) in [5.41, 5.74) is 0.735. The van der Waals surface area contributed by atoms with E-state index in [2.05, 4.69) is 19.9 Å². The summed E-state index contributed by atoms with van der Waals surface area (Å²) in [7, 11) is 1.80. The third kappa shape index (κ3) is 5.89. The van der Waals surface area contributed by atoms with E-state index in [-0.39, 0.29) is 21.8 Å². The van der Waals surface area contributed by atoms with E-state index in [1.165, 1.54) is 6.20 Å². The Morgan fingerprint density at radius 2 is 1.85 bits per heavy atom. The Hall–Kier alpha value is -2.95. The van der Waals surface area contributed by atoms with E-state index in [1.807, 2.05) is 30.8 Å². The van der Waals surface area contributed by atoms with Crippen LogP contribution in [0, 0.1) is 0 Å². The number of urea groups is 1. The molecule has 5 rings (SSSR count). The Morgan fingerprint density at radius 1 is 1.15 bits per heavy atom. The first-order chi connectivity index (χ1) is 18.9. The van der Waals surface area contributed by atoms with Gasteiger partial charge >= 0.3 is 6.03 Å². The van der Waals surface area contributed by atoms with Gasteiger partial charge in [0.2, 0.25) is 10.0 Å². The molecular formula is C24H33F2N9O3S2. The highest BCUT2D eigenvalue weighted by Crippen LogP contribution is 2.37. The number of alkyl halides is 2. The lowest BCUT2D eigenvalue weighted by Crippen LogP contribution is -2.53. The van der Waals surface area contributed by atoms with Crippen LogP contribution in [-0.4, -0.2) is 115 Å². The molecule has 12 nitrogen and oxygen atoms in total. The number of aromatic nitrogens is 4. The minimum Gasteiger partial charge on any atom is -0.366 e. The molecule has 0 spiro atoms. The lowest BCUT2D eigenvalue weighted by molar-refractivity contribution is 0.150. The number of nitrogens with one attached hydrogen (secondary N) is 1. The van der Waals surface area contributed by atoms with Crippen LogP contribution in [0.3, 0.4) is 0 Å². The number of piperazine rings is 1. The van der Waals surface area contributed by atoms with Gasteiger partial charge < -0.3 is 19.6 Å². The number of rotatable bonds is 9. The van der Waals surface area contributed by atoms with E-state index in [9.17, 15) is 22.0 Å². The fourth-order valence-corrected chi connectivity index (χ4v) is 6.70. The summed E-state index contributed by atoms with van der Waals surface area (Å²) in [6.45, 7) is 5.09. The van der Waals surface area contributed by atoms with Crippen LogP contribution in [0.5, 0.6) is 0 Å². The monoisotopic (exact) mass is 597 g/mol. The summed E-state index contributed by atoms with van der Waals surface area (Å²) in [6, 6.07) is 1.56. The van der Waals surface area contributed by atoms with Crippen LogP contribution in [-0.2, 0) is 10.0 Å². The molecule has 1 N–H and O–H groups in total. The van der Waals surface area contributed by atoms with Gasteiger partial charge in [-0.05, 0) is 39.9 Å². The number of hydrogen-bond acceptors (Lipinski definition) is 9. The van der Waals surface area contributed by atoms with Crippen LogP contribution in [0.1, 0.15) is 31.2 Å². The topological polar surface area (TPSA) is 119 Å². The zero-order valence-electron chi connectivity index (χ0n) is 22.8. The van der Waals surface area contributed by atoms with Gasteiger partial charge in [-0.1, -0.05) is 11.3 Å². The molecule has 0 bridgehead atoms. The zero-order chi connectivity index (χ0) is 28.8. The summed E-state index contributed by atoms with van der Waals surface area (Å²) in [6.07, 6.45) is 1.74. The smallest absolute Gasteiger partial charge is 0.319 e. The van der Waals surface area contributed by atoms with Gasteiger partial charge in [0.15, 0.2) is 15.8 Å². The molecule has 0 unspecified atom stereocenters. The molecule has 1 aliphatic heterocycles. The number of imidazole rings is 1. The number of anilines is 1. The van der Waals surface area contributed by atoms with E-state index >= 15 is 0 Å². The summed E-state index contributed by atoms with van der Waals surface area (Å²) in [5, 5.41) is 7.17. The van der Waals surface area contributed by atoms with Crippen molar-refractivity contribution in [3.05, 3.63) is 23.5 Å². The van der Waals surface area contributed by atoms with E-state index < -0.39 is 27.0 Å². The standard InChI is InChI=1S/C24H33F2N9O3S2/c1-24(5-6-24)30-40(37,38)16-13-17(33-9-11-34(12-10-33)23(36)32(4)8-7-31(2)3)18-14-27-20(35(18)15-16)22-29-28-21(39-22)19(25)26/h13-15,19,30H,5-12H2,1-4H3. The van der Waals surface area contributed by atoms with Gasteiger partial charge in [-0.3, -0.25) is 4.40 Å². The van der Waals surface area contributed by atoms with Crippen molar-refractivity contribution in [1.82, 2.24) is 39.0 Å². The maximum absolute atomic E-state index is 13.4. The first-order valence-corrected chi connectivity index (χ1v) is 15.2. The van der Waals surface area contributed by atoms with Crippen molar-refractivity contribution in [1.29, 1.82) is 0 Å². The highest BCUT2D eigenvalue weighted by molar-refractivity contribution is 7.89. The van der Waals surface area contributed by atoms with Crippen molar-refractivity contribution in [3.63, 3.8) is 0 Å². The molecule has 3 aromatic heterocycles. The van der Waals surface area contributed by atoms with Crippen molar-refractivity contribution >= 4 is 38.6 Å². The number of pyridine rings is 1. The van der Waals surface area contributed by atoms with Crippen molar-refractivity contribution in [2.24, 2.45) is 0 Å². The summed E-state index contributed by atoms with van der Waals surface area (Å²) in [5.74, 6) is 0.228. The van der Waals surface area contributed by atoms with Crippen molar-refractivity contribution in [2.75, 3.05) is 65.3 Å². The molecule has 218 valence electrons. The summed E-state index contributed by atoms with van der Waals surface area (Å²) < 4.78 is 57.6. The predicted octanol–water partition coefficient (Wildman–Crippen LogP) is 2.36. The third-order valence-corrected chi connectivity index (χ3v) is 9.74. The van der Waals surface area contributed by atoms with Crippen LogP contribution in [0.25, 0.3) is 16.3 Å². The van der Waals surface area contributed by atoms with Crippen LogP contribution < -0.4 is 9.62 Å². The Morgan fingerprint density at radius 3 is 2.45 bits per heavy atom. The highest BCUT2D eigenvalue weighted by Gasteiger charge is 2.41. The van der Waals surface area contributed by atoms with Crippen LogP contribution >= 0.6 is 11.3 Å². The number of sulfonamides is 1. The summed E-state index contributed by atoms with van der Waals surface area (Å²) in [4.78, 5) is 24.9. The average Bonchev–Trinajstić information content (AvgIpc) is 3.29. The van der Waals surface area contributed by atoms with Gasteiger partial charge in [-0.25, -0.2) is 31.7 Å². The van der Waals surface area contributed by atoms with Crippen molar-refractivity contribution in [3.8, 4) is 10.8 Å². The van der Waals surface area contributed by atoms with Gasteiger partial charge in [0.05, 0.1) is 17.4 Å². The lowest BCUT2D eigenvalue weighted by Gasteiger charge is -2.38. The molecule has 2 amide bonds. The molecule has 0 radical (unpaired) electrons. The molecule has 40 heavy (non-hydrogen) atoms. The van der Waals surface area contributed by atoms with Crippen molar-refractivity contribution < 1.29 is 22.0 Å². The molecule has 3 aromatic rings. The van der Waals surface area contributed by atoms with Crippen LogP contribution in [0.15, 0.2) is 23.4 Å². The third-order valence-electron chi connectivity index (χ3n) is 7.20. The van der Waals surface area contributed by atoms with E-state index in [0.29, 0.717) is 55.3 Å². The Labute approximate surface area is 235 Å². The number of likely N-dealkylation sites (N-methyl/N-ethyl adjacent to an activating group) is 2. The molecule has 1 saturated carbocycles. The second-order valence-corrected chi connectivity index (χ2v) is 13.5. The molecule has 1 aliphatic carbocycles.